The maximum absolute atomic E-state index is 8.89. The van der Waals surface area contributed by atoms with Crippen LogP contribution in [0.4, 0.5) is 0 Å². The molecule has 0 spiro atoms. The summed E-state index contributed by atoms with van der Waals surface area (Å²) in [7, 11) is 0. The second-order valence-corrected chi connectivity index (χ2v) is 10.1. The number of aliphatic hydroxyl groups excluding tert-OH is 1. The number of aromatic nitrogens is 3. The van der Waals surface area contributed by atoms with Gasteiger partial charge in [0.2, 0.25) is 0 Å². The Morgan fingerprint density at radius 3 is 1.81 bits per heavy atom. The standard InChI is InChI=1S/C23H44N2O.C9H7N/c1-2-3-4-5-6-7-8-9-10-11-12-13-14-15-16-17-18-22-21-24-23(25-22)19-20-26;1-2-6-9-8(4-1)5-3-7-10-9/h21,26H,2-20H2,1H3,(H,24,25);1-7H. The van der Waals surface area contributed by atoms with E-state index in [1.807, 2.05) is 36.7 Å². The number of hydrogen-bond acceptors (Lipinski definition) is 3. The number of aryl methyl sites for hydroxylation is 1. The molecule has 0 unspecified atom stereocenters. The van der Waals surface area contributed by atoms with E-state index >= 15 is 0 Å². The third-order valence-electron chi connectivity index (χ3n) is 6.83. The molecule has 1 aromatic carbocycles. The first-order valence-electron chi connectivity index (χ1n) is 14.8. The molecule has 3 aromatic rings. The van der Waals surface area contributed by atoms with Crippen LogP contribution >= 0.6 is 0 Å². The van der Waals surface area contributed by atoms with Gasteiger partial charge < -0.3 is 10.1 Å². The van der Waals surface area contributed by atoms with Crippen LogP contribution in [0.15, 0.2) is 48.8 Å². The smallest absolute Gasteiger partial charge is 0.108 e. The number of imidazole rings is 1. The summed E-state index contributed by atoms with van der Waals surface area (Å²) in [5.74, 6) is 0.916. The van der Waals surface area contributed by atoms with E-state index in [1.54, 1.807) is 0 Å². The van der Waals surface area contributed by atoms with Gasteiger partial charge in [0, 0.05) is 24.2 Å². The highest BCUT2D eigenvalue weighted by Gasteiger charge is 2.01. The fraction of sp³-hybridized carbons (Fsp3) is 0.625. The van der Waals surface area contributed by atoms with Crippen molar-refractivity contribution in [2.75, 3.05) is 6.61 Å². The summed E-state index contributed by atoms with van der Waals surface area (Å²) in [6.45, 7) is 2.46. The zero-order valence-electron chi connectivity index (χ0n) is 22.9. The van der Waals surface area contributed by atoms with Crippen LogP contribution in [-0.4, -0.2) is 26.7 Å². The zero-order chi connectivity index (χ0) is 25.5. The quantitative estimate of drug-likeness (QED) is 0.164. The summed E-state index contributed by atoms with van der Waals surface area (Å²) in [6, 6.07) is 12.1. The van der Waals surface area contributed by atoms with Gasteiger partial charge in [-0.05, 0) is 25.0 Å². The summed E-state index contributed by atoms with van der Waals surface area (Å²) < 4.78 is 0. The molecule has 0 saturated carbocycles. The fourth-order valence-corrected chi connectivity index (χ4v) is 4.64. The van der Waals surface area contributed by atoms with Gasteiger partial charge in [0.25, 0.3) is 0 Å². The number of fused-ring (bicyclic) bond motifs is 1. The van der Waals surface area contributed by atoms with Crippen molar-refractivity contribution in [1.29, 1.82) is 0 Å². The number of nitrogens with zero attached hydrogens (tertiary/aromatic N) is 2. The van der Waals surface area contributed by atoms with Gasteiger partial charge in [-0.1, -0.05) is 128 Å². The molecule has 0 fully saturated rings. The van der Waals surface area contributed by atoms with Crippen molar-refractivity contribution >= 4 is 10.9 Å². The van der Waals surface area contributed by atoms with Crippen LogP contribution in [0, 0.1) is 0 Å². The monoisotopic (exact) mass is 493 g/mol. The lowest BCUT2D eigenvalue weighted by Crippen LogP contribution is -1.93. The summed E-state index contributed by atoms with van der Waals surface area (Å²) in [5, 5.41) is 10.1. The molecule has 0 saturated heterocycles. The Bertz CT molecular complexity index is 826. The minimum Gasteiger partial charge on any atom is -0.396 e. The maximum atomic E-state index is 8.89. The number of H-pyrrole nitrogens is 1. The molecule has 2 aromatic heterocycles. The minimum absolute atomic E-state index is 0.173. The van der Waals surface area contributed by atoms with Gasteiger partial charge >= 0.3 is 0 Å². The first kappa shape index (κ1) is 30.0. The van der Waals surface area contributed by atoms with E-state index in [4.69, 9.17) is 5.11 Å². The molecule has 0 aliphatic carbocycles. The number of pyridine rings is 1. The number of hydrogen-bond donors (Lipinski definition) is 2. The van der Waals surface area contributed by atoms with Crippen LogP contribution in [0.25, 0.3) is 10.9 Å². The molecular formula is C32H51N3O. The molecule has 0 aliphatic rings. The van der Waals surface area contributed by atoms with E-state index in [0.29, 0.717) is 6.42 Å². The van der Waals surface area contributed by atoms with Crippen molar-refractivity contribution in [3.05, 3.63) is 60.3 Å². The van der Waals surface area contributed by atoms with Gasteiger partial charge in [0.05, 0.1) is 17.8 Å². The van der Waals surface area contributed by atoms with Crippen molar-refractivity contribution in [2.45, 2.75) is 122 Å². The number of benzene rings is 1. The summed E-state index contributed by atoms with van der Waals surface area (Å²) in [4.78, 5) is 11.8. The Balaban J connectivity index is 0.000000373. The van der Waals surface area contributed by atoms with Crippen molar-refractivity contribution in [1.82, 2.24) is 15.0 Å². The molecule has 200 valence electrons. The Hall–Kier alpha value is -2.20. The first-order chi connectivity index (χ1) is 17.8. The Labute approximate surface area is 220 Å². The van der Waals surface area contributed by atoms with E-state index in [-0.39, 0.29) is 6.61 Å². The number of unbranched alkanes of at least 4 members (excludes halogenated alkanes) is 15. The predicted octanol–water partition coefficient (Wildman–Crippen LogP) is 8.98. The molecule has 0 amide bonds. The second kappa shape index (κ2) is 20.9. The molecule has 2 N–H and O–H groups in total. The number of aromatic amines is 1. The van der Waals surface area contributed by atoms with E-state index < -0.39 is 0 Å². The largest absolute Gasteiger partial charge is 0.396 e. The van der Waals surface area contributed by atoms with Gasteiger partial charge in [-0.25, -0.2) is 4.98 Å². The lowest BCUT2D eigenvalue weighted by molar-refractivity contribution is 0.297. The highest BCUT2D eigenvalue weighted by Crippen LogP contribution is 2.14. The minimum atomic E-state index is 0.173. The van der Waals surface area contributed by atoms with E-state index in [9.17, 15) is 0 Å². The zero-order valence-corrected chi connectivity index (χ0v) is 22.9. The lowest BCUT2D eigenvalue weighted by atomic mass is 10.0. The van der Waals surface area contributed by atoms with Crippen LogP contribution in [0.2, 0.25) is 0 Å². The summed E-state index contributed by atoms with van der Waals surface area (Å²) >= 11 is 0. The van der Waals surface area contributed by atoms with Gasteiger partial charge in [0.15, 0.2) is 0 Å². The Morgan fingerprint density at radius 1 is 0.667 bits per heavy atom. The average Bonchev–Trinajstić information content (AvgIpc) is 3.36. The topological polar surface area (TPSA) is 61.8 Å². The Kier molecular flexibility index (Phi) is 17.5. The van der Waals surface area contributed by atoms with E-state index in [0.717, 1.165) is 23.5 Å². The third-order valence-corrected chi connectivity index (χ3v) is 6.83. The van der Waals surface area contributed by atoms with Crippen LogP contribution in [0.5, 0.6) is 0 Å². The molecule has 4 nitrogen and oxygen atoms in total. The van der Waals surface area contributed by atoms with Gasteiger partial charge in [-0.3, -0.25) is 4.98 Å². The third kappa shape index (κ3) is 14.4. The fourth-order valence-electron chi connectivity index (χ4n) is 4.64. The van der Waals surface area contributed by atoms with Crippen molar-refractivity contribution in [3.8, 4) is 0 Å². The maximum Gasteiger partial charge on any atom is 0.108 e. The van der Waals surface area contributed by atoms with Crippen molar-refractivity contribution < 1.29 is 5.11 Å². The molecule has 0 aliphatic heterocycles. The molecule has 0 bridgehead atoms. The summed E-state index contributed by atoms with van der Waals surface area (Å²) in [5.41, 5.74) is 2.21. The number of nitrogens with one attached hydrogen (secondary N) is 1. The van der Waals surface area contributed by atoms with Crippen LogP contribution in [0.1, 0.15) is 121 Å². The van der Waals surface area contributed by atoms with Gasteiger partial charge in [0.1, 0.15) is 5.82 Å². The van der Waals surface area contributed by atoms with Crippen LogP contribution in [0.3, 0.4) is 0 Å². The van der Waals surface area contributed by atoms with E-state index in [1.165, 1.54) is 108 Å². The number of para-hydroxylation sites is 1. The van der Waals surface area contributed by atoms with Crippen molar-refractivity contribution in [2.24, 2.45) is 0 Å². The van der Waals surface area contributed by atoms with Crippen LogP contribution in [-0.2, 0) is 12.8 Å². The number of aliphatic hydroxyl groups is 1. The average molecular weight is 494 g/mol. The molecule has 0 atom stereocenters. The van der Waals surface area contributed by atoms with Gasteiger partial charge in [-0.2, -0.15) is 0 Å². The highest BCUT2D eigenvalue weighted by molar-refractivity contribution is 5.77. The molecular weight excluding hydrogens is 442 g/mol. The lowest BCUT2D eigenvalue weighted by Gasteiger charge is -2.03. The van der Waals surface area contributed by atoms with Crippen LogP contribution < -0.4 is 0 Å². The Morgan fingerprint density at radius 2 is 1.22 bits per heavy atom. The van der Waals surface area contributed by atoms with Gasteiger partial charge in [-0.15, -0.1) is 0 Å². The molecule has 0 radical (unpaired) electrons. The predicted molar refractivity (Wildman–Crippen MR) is 154 cm³/mol. The molecule has 4 heteroatoms. The SMILES string of the molecule is CCCCCCCCCCCCCCCCCCc1c[nH]c(CCO)n1.c1ccc2ncccc2c1. The molecule has 2 heterocycles. The normalized spacial score (nSPS) is 10.9. The van der Waals surface area contributed by atoms with Crippen molar-refractivity contribution in [3.63, 3.8) is 0 Å². The molecule has 36 heavy (non-hydrogen) atoms. The summed E-state index contributed by atoms with van der Waals surface area (Å²) in [6.07, 6.45) is 28.1. The molecule has 3 rings (SSSR count). The first-order valence-corrected chi connectivity index (χ1v) is 14.8. The second-order valence-electron chi connectivity index (χ2n) is 10.1. The highest BCUT2D eigenvalue weighted by atomic mass is 16.3. The van der Waals surface area contributed by atoms with E-state index in [2.05, 4.69) is 34.0 Å². The number of rotatable bonds is 19.